The molecule has 0 fully saturated rings. The van der Waals surface area contributed by atoms with Crippen LogP contribution in [-0.2, 0) is 9.59 Å². The van der Waals surface area contributed by atoms with Crippen LogP contribution in [0, 0.1) is 11.8 Å². The lowest BCUT2D eigenvalue weighted by molar-refractivity contribution is -0.134. The summed E-state index contributed by atoms with van der Waals surface area (Å²) in [5.74, 6) is 0.719. The van der Waals surface area contributed by atoms with E-state index in [1.165, 1.54) is 4.90 Å². The summed E-state index contributed by atoms with van der Waals surface area (Å²) in [4.78, 5) is 25.5. The number of carbonyl (C=O) groups excluding carboxylic acids is 2. The van der Waals surface area contributed by atoms with Crippen LogP contribution in [0.1, 0.15) is 46.5 Å². The van der Waals surface area contributed by atoms with Crippen LogP contribution in [0.25, 0.3) is 0 Å². The highest BCUT2D eigenvalue weighted by Crippen LogP contribution is 2.11. The van der Waals surface area contributed by atoms with Crippen molar-refractivity contribution in [2.45, 2.75) is 52.5 Å². The lowest BCUT2D eigenvalue weighted by atomic mass is 10.00. The first-order valence-electron chi connectivity index (χ1n) is 7.48. The van der Waals surface area contributed by atoms with E-state index in [0.717, 1.165) is 12.8 Å². The van der Waals surface area contributed by atoms with Gasteiger partial charge in [-0.25, -0.2) is 0 Å². The van der Waals surface area contributed by atoms with Gasteiger partial charge in [0, 0.05) is 20.5 Å². The number of nitrogens with two attached hydrogens (primary N) is 1. The highest BCUT2D eigenvalue weighted by Gasteiger charge is 2.23. The van der Waals surface area contributed by atoms with Crippen molar-refractivity contribution in [3.8, 4) is 0 Å². The lowest BCUT2D eigenvalue weighted by Gasteiger charge is -2.23. The number of nitrogens with zero attached hydrogens (tertiary/aromatic N) is 1. The Morgan fingerprint density at radius 3 is 2.20 bits per heavy atom. The van der Waals surface area contributed by atoms with Crippen molar-refractivity contribution in [2.75, 3.05) is 20.6 Å². The van der Waals surface area contributed by atoms with Gasteiger partial charge in [0.2, 0.25) is 11.8 Å². The smallest absolute Gasteiger partial charge is 0.244 e. The zero-order valence-electron chi connectivity index (χ0n) is 13.6. The second-order valence-corrected chi connectivity index (χ2v) is 6.20. The molecule has 0 saturated heterocycles. The number of rotatable bonds is 9. The normalized spacial score (nSPS) is 13.9. The molecule has 0 aromatic heterocycles. The first-order valence-corrected chi connectivity index (χ1v) is 7.48. The highest BCUT2D eigenvalue weighted by atomic mass is 16.2. The van der Waals surface area contributed by atoms with Crippen molar-refractivity contribution in [1.29, 1.82) is 0 Å². The number of amides is 2. The van der Waals surface area contributed by atoms with Crippen molar-refractivity contribution in [3.63, 3.8) is 0 Å². The molecule has 20 heavy (non-hydrogen) atoms. The zero-order chi connectivity index (χ0) is 15.7. The number of hydrogen-bond acceptors (Lipinski definition) is 3. The minimum absolute atomic E-state index is 0.0398. The summed E-state index contributed by atoms with van der Waals surface area (Å²) in [5, 5.41) is 2.87. The Morgan fingerprint density at radius 2 is 1.75 bits per heavy atom. The Balaban J connectivity index is 4.35. The van der Waals surface area contributed by atoms with E-state index in [0.29, 0.717) is 31.2 Å². The molecule has 2 amide bonds. The number of likely N-dealkylation sites (N-methyl/N-ethyl adjacent to an activating group) is 1. The van der Waals surface area contributed by atoms with Crippen LogP contribution in [-0.4, -0.2) is 43.4 Å². The van der Waals surface area contributed by atoms with E-state index in [1.54, 1.807) is 14.1 Å². The first kappa shape index (κ1) is 18.9. The summed E-state index contributed by atoms with van der Waals surface area (Å²) in [6.45, 7) is 6.84. The van der Waals surface area contributed by atoms with E-state index in [-0.39, 0.29) is 11.8 Å². The summed E-state index contributed by atoms with van der Waals surface area (Å²) >= 11 is 0. The molecule has 0 heterocycles. The van der Waals surface area contributed by atoms with Crippen molar-refractivity contribution < 1.29 is 9.59 Å². The molecule has 0 aliphatic carbocycles. The Labute approximate surface area is 123 Å². The monoisotopic (exact) mass is 285 g/mol. The van der Waals surface area contributed by atoms with Crippen LogP contribution >= 0.6 is 0 Å². The van der Waals surface area contributed by atoms with Gasteiger partial charge < -0.3 is 16.0 Å². The first-order chi connectivity index (χ1) is 9.27. The van der Waals surface area contributed by atoms with Crippen LogP contribution in [0.4, 0.5) is 0 Å². The van der Waals surface area contributed by atoms with E-state index < -0.39 is 6.04 Å². The molecule has 0 aromatic rings. The minimum atomic E-state index is -0.415. The Hall–Kier alpha value is -1.10. The van der Waals surface area contributed by atoms with Gasteiger partial charge in [-0.2, -0.15) is 0 Å². The standard InChI is InChI=1S/C15H31N3O2/c1-11(2)10-13(15(20)18(4)5)17-14(19)7-6-12(3)8-9-16/h11-13H,6-10,16H2,1-5H3,(H,17,19). The Bertz CT molecular complexity index is 303. The summed E-state index contributed by atoms with van der Waals surface area (Å²) in [6, 6.07) is -0.415. The van der Waals surface area contributed by atoms with Gasteiger partial charge in [-0.05, 0) is 37.6 Å². The van der Waals surface area contributed by atoms with Gasteiger partial charge in [0.05, 0.1) is 0 Å². The largest absolute Gasteiger partial charge is 0.347 e. The molecule has 0 aliphatic heterocycles. The predicted molar refractivity (Wildman–Crippen MR) is 82.1 cm³/mol. The molecule has 2 atom stereocenters. The molecule has 3 N–H and O–H groups in total. The Morgan fingerprint density at radius 1 is 1.15 bits per heavy atom. The molecule has 118 valence electrons. The summed E-state index contributed by atoms with van der Waals surface area (Å²) in [6.07, 6.45) is 2.87. The molecule has 0 radical (unpaired) electrons. The molecule has 5 nitrogen and oxygen atoms in total. The maximum atomic E-state index is 12.0. The maximum Gasteiger partial charge on any atom is 0.244 e. The summed E-state index contributed by atoms with van der Waals surface area (Å²) in [5.41, 5.74) is 5.49. The molecule has 2 unspecified atom stereocenters. The minimum Gasteiger partial charge on any atom is -0.347 e. The van der Waals surface area contributed by atoms with Gasteiger partial charge in [0.1, 0.15) is 6.04 Å². The topological polar surface area (TPSA) is 75.4 Å². The average Bonchev–Trinajstić information content (AvgIpc) is 2.34. The van der Waals surface area contributed by atoms with Crippen LogP contribution in [0.2, 0.25) is 0 Å². The van der Waals surface area contributed by atoms with Crippen molar-refractivity contribution in [3.05, 3.63) is 0 Å². The fourth-order valence-electron chi connectivity index (χ4n) is 2.08. The van der Waals surface area contributed by atoms with Gasteiger partial charge in [-0.15, -0.1) is 0 Å². The highest BCUT2D eigenvalue weighted by molar-refractivity contribution is 5.87. The third-order valence-corrected chi connectivity index (χ3v) is 3.30. The van der Waals surface area contributed by atoms with E-state index in [9.17, 15) is 9.59 Å². The fourth-order valence-corrected chi connectivity index (χ4v) is 2.08. The van der Waals surface area contributed by atoms with E-state index in [4.69, 9.17) is 5.73 Å². The van der Waals surface area contributed by atoms with E-state index >= 15 is 0 Å². The van der Waals surface area contributed by atoms with E-state index in [1.807, 2.05) is 13.8 Å². The van der Waals surface area contributed by atoms with Gasteiger partial charge in [0.15, 0.2) is 0 Å². The van der Waals surface area contributed by atoms with Crippen molar-refractivity contribution >= 4 is 11.8 Å². The van der Waals surface area contributed by atoms with E-state index in [2.05, 4.69) is 12.2 Å². The van der Waals surface area contributed by atoms with Gasteiger partial charge in [0.25, 0.3) is 0 Å². The third kappa shape index (κ3) is 8.15. The molecule has 0 bridgehead atoms. The molecule has 0 aromatic carbocycles. The molecule has 0 aliphatic rings. The van der Waals surface area contributed by atoms with Gasteiger partial charge in [-0.3, -0.25) is 9.59 Å². The van der Waals surface area contributed by atoms with Crippen LogP contribution in [0.3, 0.4) is 0 Å². The molecule has 0 saturated carbocycles. The van der Waals surface area contributed by atoms with Crippen LogP contribution in [0.5, 0.6) is 0 Å². The lowest BCUT2D eigenvalue weighted by Crippen LogP contribution is -2.46. The maximum absolute atomic E-state index is 12.0. The summed E-state index contributed by atoms with van der Waals surface area (Å²) in [7, 11) is 3.43. The zero-order valence-corrected chi connectivity index (χ0v) is 13.6. The van der Waals surface area contributed by atoms with Crippen molar-refractivity contribution in [2.24, 2.45) is 17.6 Å². The van der Waals surface area contributed by atoms with Crippen LogP contribution < -0.4 is 11.1 Å². The molecule has 5 heteroatoms. The van der Waals surface area contributed by atoms with Gasteiger partial charge in [-0.1, -0.05) is 20.8 Å². The molecular formula is C15H31N3O2. The Kier molecular flexibility index (Phi) is 9.21. The number of hydrogen-bond donors (Lipinski definition) is 2. The van der Waals surface area contributed by atoms with Crippen LogP contribution in [0.15, 0.2) is 0 Å². The SMILES string of the molecule is CC(C)CC(NC(=O)CCC(C)CCN)C(=O)N(C)C. The molecule has 0 rings (SSSR count). The fraction of sp³-hybridized carbons (Fsp3) is 0.867. The van der Waals surface area contributed by atoms with Crippen molar-refractivity contribution in [1.82, 2.24) is 10.2 Å². The molecular weight excluding hydrogens is 254 g/mol. The van der Waals surface area contributed by atoms with Gasteiger partial charge >= 0.3 is 0 Å². The molecule has 0 spiro atoms. The third-order valence-electron chi connectivity index (χ3n) is 3.30. The summed E-state index contributed by atoms with van der Waals surface area (Å²) < 4.78 is 0. The number of carbonyl (C=O) groups is 2. The quantitative estimate of drug-likeness (QED) is 0.672. The predicted octanol–water partition coefficient (Wildman–Crippen LogP) is 1.37. The second kappa shape index (κ2) is 9.75. The second-order valence-electron chi connectivity index (χ2n) is 6.20. The number of nitrogens with one attached hydrogen (secondary N) is 1. The average molecular weight is 285 g/mol.